The van der Waals surface area contributed by atoms with E-state index in [2.05, 4.69) is 33.0 Å². The van der Waals surface area contributed by atoms with Gasteiger partial charge < -0.3 is 10.1 Å². The normalized spacial score (nSPS) is 14.9. The fourth-order valence-electron chi connectivity index (χ4n) is 1.11. The van der Waals surface area contributed by atoms with Crippen molar-refractivity contribution in [1.82, 2.24) is 5.32 Å². The predicted octanol–water partition coefficient (Wildman–Crippen LogP) is 2.31. The molecule has 0 rings (SSSR count). The minimum Gasteiger partial charge on any atom is -0.468 e. The van der Waals surface area contributed by atoms with Gasteiger partial charge in [-0.2, -0.15) is 11.8 Å². The van der Waals surface area contributed by atoms with Crippen molar-refractivity contribution in [1.29, 1.82) is 0 Å². The van der Waals surface area contributed by atoms with Crippen LogP contribution in [0.3, 0.4) is 0 Å². The van der Waals surface area contributed by atoms with Crippen molar-refractivity contribution in [2.75, 3.05) is 19.4 Å². The molecule has 0 aliphatic rings. The number of carbonyl (C=O) groups excluding carboxylic acids is 1. The third kappa shape index (κ3) is 6.38. The summed E-state index contributed by atoms with van der Waals surface area (Å²) >= 11 is 1.82. The molecule has 0 aliphatic heterocycles. The van der Waals surface area contributed by atoms with Crippen LogP contribution in [-0.2, 0) is 9.53 Å². The minimum atomic E-state index is -0.170. The number of nitrogens with one attached hydrogen (secondary N) is 1. The van der Waals surface area contributed by atoms with E-state index in [9.17, 15) is 4.79 Å². The maximum atomic E-state index is 11.5. The van der Waals surface area contributed by atoms with E-state index in [4.69, 9.17) is 4.74 Å². The van der Waals surface area contributed by atoms with Gasteiger partial charge in [-0.25, -0.2) is 0 Å². The lowest BCUT2D eigenvalue weighted by atomic mass is 10.2. The van der Waals surface area contributed by atoms with Crippen molar-refractivity contribution in [3.8, 4) is 0 Å². The van der Waals surface area contributed by atoms with Gasteiger partial charge >= 0.3 is 5.97 Å². The first kappa shape index (κ1) is 15.8. The molecule has 1 N–H and O–H groups in total. The highest BCUT2D eigenvalue weighted by Gasteiger charge is 2.20. The van der Waals surface area contributed by atoms with Crippen LogP contribution in [0.25, 0.3) is 0 Å². The van der Waals surface area contributed by atoms with Gasteiger partial charge in [-0.3, -0.25) is 4.79 Å². The third-order valence-electron chi connectivity index (χ3n) is 2.59. The Hall–Kier alpha value is -0.220. The zero-order valence-corrected chi connectivity index (χ0v) is 11.9. The van der Waals surface area contributed by atoms with Gasteiger partial charge in [0.2, 0.25) is 0 Å². The zero-order valence-electron chi connectivity index (χ0n) is 11.1. The quantitative estimate of drug-likeness (QED) is 0.668. The molecule has 0 aromatic carbocycles. The second-order valence-corrected chi connectivity index (χ2v) is 5.72. The standard InChI is InChI=1S/C12H25NO2S/c1-6-7-13-11(12(14)15-5)8-16-10(4)9(2)3/h9-11,13H,6-8H2,1-5H3. The molecule has 0 saturated heterocycles. The third-order valence-corrected chi connectivity index (χ3v) is 4.19. The Morgan fingerprint density at radius 2 is 2.00 bits per heavy atom. The summed E-state index contributed by atoms with van der Waals surface area (Å²) < 4.78 is 4.79. The molecule has 2 atom stereocenters. The van der Waals surface area contributed by atoms with Gasteiger partial charge in [0.25, 0.3) is 0 Å². The van der Waals surface area contributed by atoms with E-state index in [0.29, 0.717) is 11.2 Å². The van der Waals surface area contributed by atoms with Crippen LogP contribution < -0.4 is 5.32 Å². The molecule has 0 spiro atoms. The number of ether oxygens (including phenoxy) is 1. The molecule has 2 unspecified atom stereocenters. The van der Waals surface area contributed by atoms with Gasteiger partial charge in [0.05, 0.1) is 7.11 Å². The van der Waals surface area contributed by atoms with Crippen molar-refractivity contribution in [2.45, 2.75) is 45.4 Å². The van der Waals surface area contributed by atoms with Crippen LogP contribution in [0.5, 0.6) is 0 Å². The summed E-state index contributed by atoms with van der Waals surface area (Å²) in [5.74, 6) is 1.26. The molecule has 0 amide bonds. The van der Waals surface area contributed by atoms with E-state index in [1.54, 1.807) is 0 Å². The molecule has 3 nitrogen and oxygen atoms in total. The van der Waals surface area contributed by atoms with Crippen LogP contribution in [0.15, 0.2) is 0 Å². The number of esters is 1. The number of methoxy groups -OCH3 is 1. The van der Waals surface area contributed by atoms with Crippen LogP contribution in [0.4, 0.5) is 0 Å². The predicted molar refractivity (Wildman–Crippen MR) is 70.9 cm³/mol. The summed E-state index contributed by atoms with van der Waals surface area (Å²) in [6, 6.07) is -0.170. The lowest BCUT2D eigenvalue weighted by Crippen LogP contribution is -2.40. The Balaban J connectivity index is 4.05. The Kier molecular flexibility index (Phi) is 8.76. The second kappa shape index (κ2) is 8.88. The molecule has 0 heterocycles. The van der Waals surface area contributed by atoms with Gasteiger partial charge in [-0.05, 0) is 18.9 Å². The molecule has 0 aromatic rings. The molecule has 0 aromatic heterocycles. The van der Waals surface area contributed by atoms with E-state index >= 15 is 0 Å². The smallest absolute Gasteiger partial charge is 0.323 e. The SMILES string of the molecule is CCCNC(CSC(C)C(C)C)C(=O)OC. The van der Waals surface area contributed by atoms with Crippen LogP contribution in [-0.4, -0.2) is 36.7 Å². The largest absolute Gasteiger partial charge is 0.468 e. The van der Waals surface area contributed by atoms with Crippen molar-refractivity contribution in [3.05, 3.63) is 0 Å². The van der Waals surface area contributed by atoms with Gasteiger partial charge in [-0.15, -0.1) is 0 Å². The maximum absolute atomic E-state index is 11.5. The number of hydrogen-bond acceptors (Lipinski definition) is 4. The molecule has 0 radical (unpaired) electrons. The van der Waals surface area contributed by atoms with E-state index in [1.165, 1.54) is 7.11 Å². The van der Waals surface area contributed by atoms with Crippen molar-refractivity contribution >= 4 is 17.7 Å². The topological polar surface area (TPSA) is 38.3 Å². The van der Waals surface area contributed by atoms with Crippen molar-refractivity contribution in [3.63, 3.8) is 0 Å². The Bertz CT molecular complexity index is 197. The Labute approximate surface area is 104 Å². The first-order chi connectivity index (χ1) is 7.52. The lowest BCUT2D eigenvalue weighted by Gasteiger charge is -2.20. The summed E-state index contributed by atoms with van der Waals surface area (Å²) in [4.78, 5) is 11.5. The highest BCUT2D eigenvalue weighted by atomic mass is 32.2. The fourth-order valence-corrected chi connectivity index (χ4v) is 2.25. The lowest BCUT2D eigenvalue weighted by molar-refractivity contribution is -0.142. The van der Waals surface area contributed by atoms with Crippen LogP contribution in [0.2, 0.25) is 0 Å². The maximum Gasteiger partial charge on any atom is 0.323 e. The molecule has 4 heteroatoms. The van der Waals surface area contributed by atoms with Crippen molar-refractivity contribution in [2.24, 2.45) is 5.92 Å². The number of hydrogen-bond donors (Lipinski definition) is 1. The van der Waals surface area contributed by atoms with Crippen molar-refractivity contribution < 1.29 is 9.53 Å². The van der Waals surface area contributed by atoms with Crippen LogP contribution in [0.1, 0.15) is 34.1 Å². The Morgan fingerprint density at radius 1 is 1.38 bits per heavy atom. The van der Waals surface area contributed by atoms with Crippen LogP contribution >= 0.6 is 11.8 Å². The summed E-state index contributed by atoms with van der Waals surface area (Å²) in [6.45, 7) is 9.54. The summed E-state index contributed by atoms with van der Waals surface area (Å²) in [7, 11) is 1.44. The average molecular weight is 247 g/mol. The van der Waals surface area contributed by atoms with E-state index < -0.39 is 0 Å². The molecule has 0 fully saturated rings. The first-order valence-electron chi connectivity index (χ1n) is 5.95. The fraction of sp³-hybridized carbons (Fsp3) is 0.917. The zero-order chi connectivity index (χ0) is 12.6. The first-order valence-corrected chi connectivity index (χ1v) is 7.00. The summed E-state index contributed by atoms with van der Waals surface area (Å²) in [5.41, 5.74) is 0. The van der Waals surface area contributed by atoms with Gasteiger partial charge in [0.15, 0.2) is 0 Å². The summed E-state index contributed by atoms with van der Waals surface area (Å²) in [5, 5.41) is 3.78. The summed E-state index contributed by atoms with van der Waals surface area (Å²) in [6.07, 6.45) is 1.03. The van der Waals surface area contributed by atoms with E-state index in [0.717, 1.165) is 18.7 Å². The molecule has 96 valence electrons. The highest BCUT2D eigenvalue weighted by molar-refractivity contribution is 7.99. The molecule has 0 aliphatic carbocycles. The monoisotopic (exact) mass is 247 g/mol. The van der Waals surface area contributed by atoms with Gasteiger partial charge in [0, 0.05) is 11.0 Å². The number of carbonyl (C=O) groups is 1. The molecular weight excluding hydrogens is 222 g/mol. The van der Waals surface area contributed by atoms with E-state index in [-0.39, 0.29) is 12.0 Å². The van der Waals surface area contributed by atoms with Gasteiger partial charge in [-0.1, -0.05) is 27.7 Å². The Morgan fingerprint density at radius 3 is 2.44 bits per heavy atom. The van der Waals surface area contributed by atoms with Gasteiger partial charge in [0.1, 0.15) is 6.04 Å². The molecule has 0 saturated carbocycles. The second-order valence-electron chi connectivity index (χ2n) is 4.31. The number of rotatable bonds is 8. The molecular formula is C12H25NO2S. The highest BCUT2D eigenvalue weighted by Crippen LogP contribution is 2.19. The minimum absolute atomic E-state index is 0.156. The average Bonchev–Trinajstić information content (AvgIpc) is 2.27. The van der Waals surface area contributed by atoms with Crippen LogP contribution in [0, 0.1) is 5.92 Å². The number of thioether (sulfide) groups is 1. The molecule has 16 heavy (non-hydrogen) atoms. The van der Waals surface area contributed by atoms with E-state index in [1.807, 2.05) is 11.8 Å². The molecule has 0 bridgehead atoms.